The van der Waals surface area contributed by atoms with Gasteiger partial charge in [-0.3, -0.25) is 4.79 Å². The van der Waals surface area contributed by atoms with E-state index in [1.54, 1.807) is 6.92 Å². The molecule has 0 saturated heterocycles. The van der Waals surface area contributed by atoms with Crippen LogP contribution in [0.25, 0.3) is 0 Å². The largest absolute Gasteiger partial charge is 0.465 e. The van der Waals surface area contributed by atoms with E-state index in [4.69, 9.17) is 0 Å². The number of ether oxygens (including phenoxy) is 1. The number of hydrogen-bond acceptors (Lipinski definition) is 4. The van der Waals surface area contributed by atoms with Gasteiger partial charge in [0.2, 0.25) is 10.0 Å². The minimum absolute atomic E-state index is 0.188. The molecule has 6 heteroatoms. The lowest BCUT2D eigenvalue weighted by Crippen LogP contribution is -2.35. The van der Waals surface area contributed by atoms with E-state index in [0.717, 1.165) is 4.31 Å². The van der Waals surface area contributed by atoms with Crippen LogP contribution in [-0.4, -0.2) is 44.1 Å². The van der Waals surface area contributed by atoms with Crippen molar-refractivity contribution >= 4 is 16.0 Å². The van der Waals surface area contributed by atoms with Crippen LogP contribution in [0.4, 0.5) is 0 Å². The molecule has 1 rings (SSSR count). The van der Waals surface area contributed by atoms with Gasteiger partial charge in [0.1, 0.15) is 6.54 Å². The van der Waals surface area contributed by atoms with Gasteiger partial charge in [0.15, 0.2) is 0 Å². The maximum absolute atomic E-state index is 11.6. The Balaban J connectivity index is 2.48. The second kappa shape index (κ2) is 4.27. The molecule has 5 nitrogen and oxygen atoms in total. The Hall–Kier alpha value is -0.620. The molecule has 0 atom stereocenters. The molecule has 0 aromatic rings. The zero-order chi connectivity index (χ0) is 10.8. The van der Waals surface area contributed by atoms with Crippen LogP contribution in [-0.2, 0) is 19.6 Å². The highest BCUT2D eigenvalue weighted by molar-refractivity contribution is 7.90. The van der Waals surface area contributed by atoms with Crippen LogP contribution >= 0.6 is 0 Å². The van der Waals surface area contributed by atoms with Gasteiger partial charge >= 0.3 is 5.97 Å². The van der Waals surface area contributed by atoms with Crippen molar-refractivity contribution in [2.75, 3.05) is 20.2 Å². The first-order valence-corrected chi connectivity index (χ1v) is 6.09. The van der Waals surface area contributed by atoms with Crippen molar-refractivity contribution in [3.8, 4) is 0 Å². The van der Waals surface area contributed by atoms with E-state index in [9.17, 15) is 13.2 Å². The van der Waals surface area contributed by atoms with Crippen molar-refractivity contribution in [3.05, 3.63) is 0 Å². The highest BCUT2D eigenvalue weighted by Gasteiger charge is 2.39. The van der Waals surface area contributed by atoms with Crippen LogP contribution in [0.3, 0.4) is 0 Å². The van der Waals surface area contributed by atoms with Crippen LogP contribution in [0, 0.1) is 0 Å². The summed E-state index contributed by atoms with van der Waals surface area (Å²) < 4.78 is 28.8. The zero-order valence-corrected chi connectivity index (χ0v) is 9.21. The molecule has 1 aliphatic carbocycles. The molecule has 1 saturated carbocycles. The Labute approximate surface area is 84.1 Å². The highest BCUT2D eigenvalue weighted by Crippen LogP contribution is 2.30. The number of sulfonamides is 1. The Morgan fingerprint density at radius 1 is 1.50 bits per heavy atom. The fourth-order valence-electron chi connectivity index (χ4n) is 1.10. The van der Waals surface area contributed by atoms with Crippen LogP contribution in [0.15, 0.2) is 0 Å². The van der Waals surface area contributed by atoms with Gasteiger partial charge in [-0.25, -0.2) is 8.42 Å². The summed E-state index contributed by atoms with van der Waals surface area (Å²) in [6, 6.07) is 0. The van der Waals surface area contributed by atoms with E-state index in [1.165, 1.54) is 7.05 Å². The topological polar surface area (TPSA) is 63.7 Å². The maximum atomic E-state index is 11.6. The fourth-order valence-corrected chi connectivity index (χ4v) is 2.62. The first kappa shape index (κ1) is 11.5. The summed E-state index contributed by atoms with van der Waals surface area (Å²) in [5.41, 5.74) is 0. The molecule has 14 heavy (non-hydrogen) atoms. The van der Waals surface area contributed by atoms with Gasteiger partial charge < -0.3 is 4.74 Å². The number of rotatable bonds is 5. The molecule has 0 amide bonds. The monoisotopic (exact) mass is 221 g/mol. The van der Waals surface area contributed by atoms with Gasteiger partial charge in [0.25, 0.3) is 0 Å². The minimum Gasteiger partial charge on any atom is -0.465 e. The summed E-state index contributed by atoms with van der Waals surface area (Å²) in [6.45, 7) is 1.77. The lowest BCUT2D eigenvalue weighted by Gasteiger charge is -2.15. The quantitative estimate of drug-likeness (QED) is 0.612. The second-order valence-electron chi connectivity index (χ2n) is 3.31. The normalized spacial score (nSPS) is 17.1. The molecule has 0 heterocycles. The first-order chi connectivity index (χ1) is 6.48. The van der Waals surface area contributed by atoms with Gasteiger partial charge in [0, 0.05) is 7.05 Å². The lowest BCUT2D eigenvalue weighted by molar-refractivity contribution is -0.143. The summed E-state index contributed by atoms with van der Waals surface area (Å²) in [6.07, 6.45) is 1.41. The second-order valence-corrected chi connectivity index (χ2v) is 5.63. The van der Waals surface area contributed by atoms with E-state index in [0.29, 0.717) is 12.8 Å². The predicted octanol–water partition coefficient (Wildman–Crippen LogP) is -0.0265. The average Bonchev–Trinajstić information content (AvgIpc) is 2.86. The standard InChI is InChI=1S/C8H15NO4S/c1-3-13-8(10)6-9(2)14(11,12)7-4-5-7/h7H,3-6H2,1-2H3. The fraction of sp³-hybridized carbons (Fsp3) is 0.875. The van der Waals surface area contributed by atoms with Crippen molar-refractivity contribution in [3.63, 3.8) is 0 Å². The molecular weight excluding hydrogens is 206 g/mol. The Bertz CT molecular complexity index is 307. The minimum atomic E-state index is -3.25. The maximum Gasteiger partial charge on any atom is 0.321 e. The highest BCUT2D eigenvalue weighted by atomic mass is 32.2. The van der Waals surface area contributed by atoms with Gasteiger partial charge in [-0.1, -0.05) is 0 Å². The Kier molecular flexibility index (Phi) is 3.49. The van der Waals surface area contributed by atoms with E-state index in [1.807, 2.05) is 0 Å². The number of likely N-dealkylation sites (N-methyl/N-ethyl adjacent to an activating group) is 1. The summed E-state index contributed by atoms with van der Waals surface area (Å²) in [4.78, 5) is 11.0. The lowest BCUT2D eigenvalue weighted by atomic mass is 10.6. The average molecular weight is 221 g/mol. The van der Waals surface area contributed by atoms with Gasteiger partial charge in [-0.2, -0.15) is 4.31 Å². The van der Waals surface area contributed by atoms with Gasteiger partial charge in [-0.15, -0.1) is 0 Å². The van der Waals surface area contributed by atoms with Crippen molar-refractivity contribution in [2.45, 2.75) is 25.0 Å². The molecule has 0 aliphatic heterocycles. The molecule has 0 spiro atoms. The summed E-state index contributed by atoms with van der Waals surface area (Å²) in [5.74, 6) is -0.501. The van der Waals surface area contributed by atoms with Crippen LogP contribution in [0.2, 0.25) is 0 Å². The summed E-state index contributed by atoms with van der Waals surface area (Å²) in [7, 11) is -1.84. The predicted molar refractivity (Wildman–Crippen MR) is 51.2 cm³/mol. The molecule has 82 valence electrons. The van der Waals surface area contributed by atoms with Crippen molar-refractivity contribution in [2.24, 2.45) is 0 Å². The SMILES string of the molecule is CCOC(=O)CN(C)S(=O)(=O)C1CC1. The van der Waals surface area contributed by atoms with Crippen LogP contribution < -0.4 is 0 Å². The van der Waals surface area contributed by atoms with E-state index >= 15 is 0 Å². The molecule has 0 unspecified atom stereocenters. The van der Waals surface area contributed by atoms with E-state index in [-0.39, 0.29) is 18.4 Å². The summed E-state index contributed by atoms with van der Waals surface area (Å²) >= 11 is 0. The molecule has 1 fully saturated rings. The third-order valence-corrected chi connectivity index (χ3v) is 4.35. The van der Waals surface area contributed by atoms with Gasteiger partial charge in [-0.05, 0) is 19.8 Å². The molecule has 0 aromatic heterocycles. The van der Waals surface area contributed by atoms with Crippen LogP contribution in [0.1, 0.15) is 19.8 Å². The third-order valence-electron chi connectivity index (χ3n) is 2.04. The number of carbonyl (C=O) groups excluding carboxylic acids is 1. The molecule has 0 aromatic carbocycles. The van der Waals surface area contributed by atoms with Gasteiger partial charge in [0.05, 0.1) is 11.9 Å². The molecule has 1 aliphatic rings. The third kappa shape index (κ3) is 2.68. The number of esters is 1. The van der Waals surface area contributed by atoms with E-state index in [2.05, 4.69) is 4.74 Å². The number of hydrogen-bond donors (Lipinski definition) is 0. The smallest absolute Gasteiger partial charge is 0.321 e. The van der Waals surface area contributed by atoms with E-state index < -0.39 is 16.0 Å². The van der Waals surface area contributed by atoms with Crippen molar-refractivity contribution in [1.82, 2.24) is 4.31 Å². The molecule has 0 radical (unpaired) electrons. The van der Waals surface area contributed by atoms with Crippen LogP contribution in [0.5, 0.6) is 0 Å². The number of nitrogens with zero attached hydrogens (tertiary/aromatic N) is 1. The summed E-state index contributed by atoms with van der Waals surface area (Å²) in [5, 5.41) is -0.276. The van der Waals surface area contributed by atoms with Crippen molar-refractivity contribution in [1.29, 1.82) is 0 Å². The Morgan fingerprint density at radius 2 is 2.07 bits per heavy atom. The van der Waals surface area contributed by atoms with Crippen molar-refractivity contribution < 1.29 is 17.9 Å². The number of carbonyl (C=O) groups is 1. The zero-order valence-electron chi connectivity index (χ0n) is 8.39. The molecule has 0 N–H and O–H groups in total. The molecular formula is C8H15NO4S. The Morgan fingerprint density at radius 3 is 2.50 bits per heavy atom. The molecule has 0 bridgehead atoms. The first-order valence-electron chi connectivity index (χ1n) is 4.59.